The Balaban J connectivity index is 2.06. The Kier molecular flexibility index (Phi) is 1.71. The van der Waals surface area contributed by atoms with E-state index < -0.39 is 0 Å². The lowest BCUT2D eigenvalue weighted by Crippen LogP contribution is -2.53. The molecule has 1 aromatic carbocycles. The first-order chi connectivity index (χ1) is 7.25. The lowest BCUT2D eigenvalue weighted by atomic mass is 10.1. The highest BCUT2D eigenvalue weighted by Crippen LogP contribution is 2.34. The molecule has 4 heteroatoms. The van der Waals surface area contributed by atoms with Crippen molar-refractivity contribution in [1.29, 1.82) is 0 Å². The van der Waals surface area contributed by atoms with E-state index in [1.165, 1.54) is 6.07 Å². The van der Waals surface area contributed by atoms with Gasteiger partial charge in [-0.15, -0.1) is 0 Å². The Hall–Kier alpha value is -1.58. The third-order valence-electron chi connectivity index (χ3n) is 3.10. The summed E-state index contributed by atoms with van der Waals surface area (Å²) >= 11 is 0. The summed E-state index contributed by atoms with van der Waals surface area (Å²) in [5.74, 6) is -0.243. The van der Waals surface area contributed by atoms with E-state index >= 15 is 0 Å². The van der Waals surface area contributed by atoms with Gasteiger partial charge in [-0.05, 0) is 18.1 Å². The Bertz CT molecular complexity index is 433. The molecule has 3 nitrogen and oxygen atoms in total. The summed E-state index contributed by atoms with van der Waals surface area (Å²) in [5, 5.41) is 2.80. The van der Waals surface area contributed by atoms with Crippen molar-refractivity contribution in [1.82, 2.24) is 5.32 Å². The Labute approximate surface area is 86.9 Å². The zero-order chi connectivity index (χ0) is 10.4. The number of nitrogens with zero attached hydrogens (tertiary/aromatic N) is 1. The molecule has 1 saturated heterocycles. The highest BCUT2D eigenvalue weighted by Gasteiger charge is 2.35. The van der Waals surface area contributed by atoms with Crippen LogP contribution in [0.15, 0.2) is 18.2 Å². The second-order valence-corrected chi connectivity index (χ2v) is 4.04. The predicted molar refractivity (Wildman–Crippen MR) is 54.2 cm³/mol. The molecule has 2 aliphatic heterocycles. The molecule has 2 heterocycles. The zero-order valence-electron chi connectivity index (χ0n) is 8.16. The third-order valence-corrected chi connectivity index (χ3v) is 3.10. The molecule has 0 aliphatic carbocycles. The van der Waals surface area contributed by atoms with E-state index in [4.69, 9.17) is 0 Å². The van der Waals surface area contributed by atoms with Gasteiger partial charge in [0, 0.05) is 6.54 Å². The van der Waals surface area contributed by atoms with Gasteiger partial charge in [-0.25, -0.2) is 4.39 Å². The molecule has 0 aromatic heterocycles. The fraction of sp³-hybridized carbons (Fsp3) is 0.364. The topological polar surface area (TPSA) is 32.3 Å². The second kappa shape index (κ2) is 2.95. The van der Waals surface area contributed by atoms with Crippen molar-refractivity contribution in [2.75, 3.05) is 18.0 Å². The Morgan fingerprint density at radius 3 is 3.20 bits per heavy atom. The first-order valence-corrected chi connectivity index (χ1v) is 5.06. The van der Waals surface area contributed by atoms with E-state index in [0.29, 0.717) is 12.2 Å². The Morgan fingerprint density at radius 1 is 1.47 bits per heavy atom. The molecule has 3 rings (SSSR count). The maximum Gasteiger partial charge on any atom is 0.239 e. The van der Waals surface area contributed by atoms with Crippen LogP contribution in [0.4, 0.5) is 10.1 Å². The highest BCUT2D eigenvalue weighted by molar-refractivity contribution is 5.84. The molecule has 0 radical (unpaired) electrons. The minimum atomic E-state index is -0.218. The normalized spacial score (nSPS) is 23.4. The fourth-order valence-electron chi connectivity index (χ4n) is 2.43. The number of rotatable bonds is 0. The van der Waals surface area contributed by atoms with Crippen molar-refractivity contribution in [3.8, 4) is 0 Å². The molecule has 2 aliphatic rings. The lowest BCUT2D eigenvalue weighted by molar-refractivity contribution is -0.120. The number of hydrogen-bond acceptors (Lipinski definition) is 2. The molecule has 0 spiro atoms. The summed E-state index contributed by atoms with van der Waals surface area (Å²) in [6, 6.07) is 5.34. The van der Waals surface area contributed by atoms with E-state index in [1.807, 2.05) is 11.0 Å². The molecular formula is C11H11FN2O. The molecule has 1 atom stereocenters. The van der Waals surface area contributed by atoms with Crippen molar-refractivity contribution in [2.24, 2.45) is 0 Å². The maximum atomic E-state index is 13.6. The number of piperazine rings is 1. The van der Waals surface area contributed by atoms with Crippen LogP contribution >= 0.6 is 0 Å². The van der Waals surface area contributed by atoms with Gasteiger partial charge in [0.1, 0.15) is 5.82 Å². The number of amides is 1. The van der Waals surface area contributed by atoms with Crippen molar-refractivity contribution in [3.05, 3.63) is 29.6 Å². The van der Waals surface area contributed by atoms with Crippen molar-refractivity contribution < 1.29 is 9.18 Å². The van der Waals surface area contributed by atoms with Gasteiger partial charge in [-0.3, -0.25) is 4.79 Å². The van der Waals surface area contributed by atoms with Crippen LogP contribution in [-0.4, -0.2) is 25.0 Å². The van der Waals surface area contributed by atoms with Gasteiger partial charge in [0.2, 0.25) is 5.91 Å². The standard InChI is InChI=1S/C11H11FN2O/c12-9-3-1-2-7-4-8-5-13-10(15)6-14(8)11(7)9/h1-3,8H,4-6H2,(H,13,15). The van der Waals surface area contributed by atoms with Gasteiger partial charge in [-0.2, -0.15) is 0 Å². The van der Waals surface area contributed by atoms with Crippen molar-refractivity contribution in [2.45, 2.75) is 12.5 Å². The van der Waals surface area contributed by atoms with E-state index in [1.54, 1.807) is 6.07 Å². The third kappa shape index (κ3) is 1.21. The monoisotopic (exact) mass is 206 g/mol. The largest absolute Gasteiger partial charge is 0.355 e. The summed E-state index contributed by atoms with van der Waals surface area (Å²) in [7, 11) is 0. The summed E-state index contributed by atoms with van der Waals surface area (Å²) in [5.41, 5.74) is 1.63. The number of hydrogen-bond donors (Lipinski definition) is 1. The van der Waals surface area contributed by atoms with Crippen LogP contribution < -0.4 is 10.2 Å². The maximum absolute atomic E-state index is 13.6. The predicted octanol–water partition coefficient (Wildman–Crippen LogP) is 0.687. The average molecular weight is 206 g/mol. The molecule has 15 heavy (non-hydrogen) atoms. The molecule has 0 saturated carbocycles. The van der Waals surface area contributed by atoms with Crippen LogP contribution in [0.1, 0.15) is 5.56 Å². The number of anilines is 1. The van der Waals surface area contributed by atoms with E-state index in [2.05, 4.69) is 5.32 Å². The van der Waals surface area contributed by atoms with Gasteiger partial charge in [0.25, 0.3) is 0 Å². The molecule has 1 N–H and O–H groups in total. The van der Waals surface area contributed by atoms with Gasteiger partial charge in [0.15, 0.2) is 0 Å². The summed E-state index contributed by atoms with van der Waals surface area (Å²) < 4.78 is 13.6. The first-order valence-electron chi connectivity index (χ1n) is 5.06. The molecule has 1 amide bonds. The SMILES string of the molecule is O=C1CN2c3c(F)cccc3CC2CN1. The number of carbonyl (C=O) groups excluding carboxylic acids is 1. The zero-order valence-corrected chi connectivity index (χ0v) is 8.16. The van der Waals surface area contributed by atoms with Crippen molar-refractivity contribution in [3.63, 3.8) is 0 Å². The van der Waals surface area contributed by atoms with Crippen LogP contribution in [-0.2, 0) is 11.2 Å². The number of halogens is 1. The van der Waals surface area contributed by atoms with E-state index in [0.717, 1.165) is 12.0 Å². The van der Waals surface area contributed by atoms with Gasteiger partial charge in [-0.1, -0.05) is 12.1 Å². The summed E-state index contributed by atoms with van der Waals surface area (Å²) in [6.45, 7) is 0.894. The quantitative estimate of drug-likeness (QED) is 0.677. The van der Waals surface area contributed by atoms with Crippen LogP contribution in [0.2, 0.25) is 0 Å². The van der Waals surface area contributed by atoms with Crippen LogP contribution in [0.25, 0.3) is 0 Å². The highest BCUT2D eigenvalue weighted by atomic mass is 19.1. The Morgan fingerprint density at radius 2 is 2.33 bits per heavy atom. The van der Waals surface area contributed by atoms with Gasteiger partial charge in [0.05, 0.1) is 18.3 Å². The van der Waals surface area contributed by atoms with E-state index in [-0.39, 0.29) is 24.3 Å². The molecule has 78 valence electrons. The minimum absolute atomic E-state index is 0.0256. The van der Waals surface area contributed by atoms with Crippen LogP contribution in [0.5, 0.6) is 0 Å². The van der Waals surface area contributed by atoms with Gasteiger partial charge >= 0.3 is 0 Å². The summed E-state index contributed by atoms with van der Waals surface area (Å²) in [6.07, 6.45) is 0.827. The lowest BCUT2D eigenvalue weighted by Gasteiger charge is -2.31. The fourth-order valence-corrected chi connectivity index (χ4v) is 2.43. The number of benzene rings is 1. The molecule has 1 fully saturated rings. The van der Waals surface area contributed by atoms with Crippen LogP contribution in [0.3, 0.4) is 0 Å². The smallest absolute Gasteiger partial charge is 0.239 e. The molecular weight excluding hydrogens is 195 g/mol. The second-order valence-electron chi connectivity index (χ2n) is 4.04. The molecule has 1 aromatic rings. The molecule has 1 unspecified atom stereocenters. The summed E-state index contributed by atoms with van der Waals surface area (Å²) in [4.78, 5) is 13.1. The van der Waals surface area contributed by atoms with Gasteiger partial charge < -0.3 is 10.2 Å². The van der Waals surface area contributed by atoms with E-state index in [9.17, 15) is 9.18 Å². The molecule has 0 bridgehead atoms. The van der Waals surface area contributed by atoms with Crippen molar-refractivity contribution >= 4 is 11.6 Å². The minimum Gasteiger partial charge on any atom is -0.355 e. The van der Waals surface area contributed by atoms with Crippen LogP contribution in [0, 0.1) is 5.82 Å². The number of carbonyl (C=O) groups is 1. The average Bonchev–Trinajstić information content (AvgIpc) is 2.57. The number of nitrogens with one attached hydrogen (secondary N) is 1. The first kappa shape index (κ1) is 8.71. The number of fused-ring (bicyclic) bond motifs is 3. The number of para-hydroxylation sites is 1.